The molecule has 0 spiro atoms. The van der Waals surface area contributed by atoms with Crippen LogP contribution in [0.1, 0.15) is 102 Å². The molecule has 71 heavy (non-hydrogen) atoms. The first-order chi connectivity index (χ1) is 32.8. The minimum absolute atomic E-state index is 0. The van der Waals surface area contributed by atoms with E-state index in [0.717, 1.165) is 12.6 Å². The van der Waals surface area contributed by atoms with Crippen LogP contribution in [0.2, 0.25) is 0 Å². The second kappa shape index (κ2) is 25.3. The summed E-state index contributed by atoms with van der Waals surface area (Å²) in [6, 6.07) is 0.361. The molecule has 15 nitrogen and oxygen atoms in total. The average molecular weight is 1230 g/mol. The molecule has 0 saturated carbocycles. The number of carbonyl (C=O) groups is 4. The zero-order chi connectivity index (χ0) is 52.0. The number of nitrogens with zero attached hydrogens (tertiary/aromatic N) is 7. The topological polar surface area (TPSA) is 167 Å². The number of rotatable bonds is 8. The Morgan fingerprint density at radius 2 is 1.01 bits per heavy atom. The van der Waals surface area contributed by atoms with Gasteiger partial charge in [0.05, 0.1) is 44.1 Å². The Balaban J connectivity index is 0.000000461. The number of carbonyl (C=O) groups excluding carboxylic acids is 3. The molecule has 3 amide bonds. The summed E-state index contributed by atoms with van der Waals surface area (Å²) in [6.07, 6.45) is 1.36. The summed E-state index contributed by atoms with van der Waals surface area (Å²) in [4.78, 5) is 66.0. The number of carboxylic acid groups (broad SMARTS) is 1. The Labute approximate surface area is 440 Å². The van der Waals surface area contributed by atoms with E-state index in [9.17, 15) is 50.6 Å². The van der Waals surface area contributed by atoms with Crippen LogP contribution in [-0.2, 0) is 40.5 Å². The number of nitrogens with one attached hydrogen (secondary N) is 2. The molecule has 389 valence electrons. The molecule has 3 aliphatic rings. The standard InChI is InChI=1S/C25H32F3N5O3.C21H25F3N4O3.2CH4.BH2.U/c1-25(2,3)21(24(35)32-8-10-36-11-9-32)30-23(34)20-19-14-31(4)6-5-7-33(19)22(29-20)15-12-17(27)18(28)13-16(15)26;1-21(2,3)17(20(30)31)26-19(29)16-15-10-27(4)6-5-7-28(15)18(25-16)11-8-13(23)14(24)9-12(11)22;;;;/h12-13,21H,5-11,14H2,1-4H3,(H,30,34);8-9,17H,5-7,10H2,1-4H3,(H,26,29)(H,30,31);2*1H4;1H2;/t21-;17-;;;;/m11..../s1/i;;;;1T2;. The van der Waals surface area contributed by atoms with Crippen LogP contribution in [0, 0.1) is 76.8 Å². The zero-order valence-corrected chi connectivity index (χ0v) is 44.1. The van der Waals surface area contributed by atoms with Crippen molar-refractivity contribution in [2.45, 2.75) is 108 Å². The minimum atomic E-state index is -1.32. The molecular weight excluding hydrogens is 1160 g/mol. The first kappa shape index (κ1) is 58.9. The normalized spacial score (nSPS) is 16.2. The van der Waals surface area contributed by atoms with Gasteiger partial charge >= 0.3 is 5.97 Å². The summed E-state index contributed by atoms with van der Waals surface area (Å²) in [5, 5.41) is 14.9. The van der Waals surface area contributed by atoms with Crippen molar-refractivity contribution < 1.29 is 86.5 Å². The molecule has 1 saturated heterocycles. The number of hydrogen-bond donors (Lipinski definition) is 3. The summed E-state index contributed by atoms with van der Waals surface area (Å²) in [7, 11) is 4.24. The second-order valence-corrected chi connectivity index (χ2v) is 19.3. The van der Waals surface area contributed by atoms with Crippen molar-refractivity contribution in [1.29, 1.82) is 2.67 Å². The predicted molar refractivity (Wildman–Crippen MR) is 255 cm³/mol. The van der Waals surface area contributed by atoms with E-state index >= 15 is 0 Å². The Hall–Kier alpha value is -4.68. The first-order valence-electron chi connectivity index (χ1n) is 23.1. The fraction of sp³-hybridized carbons (Fsp3) is 0.542. The van der Waals surface area contributed by atoms with E-state index in [1.54, 1.807) is 34.8 Å². The van der Waals surface area contributed by atoms with Crippen LogP contribution in [0.5, 0.6) is 0 Å². The van der Waals surface area contributed by atoms with Crippen molar-refractivity contribution in [2.75, 3.05) is 53.5 Å². The number of aliphatic carboxylic acids is 1. The molecule has 0 unspecified atom stereocenters. The number of carboxylic acids is 1. The smallest absolute Gasteiger partial charge is 0.326 e. The van der Waals surface area contributed by atoms with E-state index in [-0.39, 0.29) is 86.0 Å². The maximum Gasteiger partial charge on any atom is 0.326 e. The zero-order valence-electron chi connectivity index (χ0n) is 41.9. The fourth-order valence-electron chi connectivity index (χ4n) is 8.27. The average Bonchev–Trinajstić information content (AvgIpc) is 3.64. The monoisotopic (exact) mass is 1230 g/mol. The van der Waals surface area contributed by atoms with Gasteiger partial charge in [0.25, 0.3) is 11.8 Å². The number of morpholine rings is 1. The maximum atomic E-state index is 14.7. The largest absolute Gasteiger partial charge is 0.480 e. The number of fused-ring (bicyclic) bond motifs is 2. The van der Waals surface area contributed by atoms with E-state index in [0.29, 0.717) is 110 Å². The van der Waals surface area contributed by atoms with Crippen LogP contribution >= 0.6 is 0 Å². The molecule has 23 heteroatoms. The molecule has 0 aliphatic carbocycles. The molecular formula is C48H67BF6N9O6U. The third-order valence-electron chi connectivity index (χ3n) is 11.9. The Kier molecular flexibility index (Phi) is 21.0. The molecule has 3 aliphatic heterocycles. The molecule has 2 aromatic carbocycles. The molecule has 2 atom stereocenters. The van der Waals surface area contributed by atoms with Crippen molar-refractivity contribution in [1.82, 2.24) is 44.4 Å². The fourth-order valence-corrected chi connectivity index (χ4v) is 8.27. The van der Waals surface area contributed by atoms with Crippen LogP contribution in [-0.4, -0.2) is 139 Å². The van der Waals surface area contributed by atoms with E-state index in [1.807, 2.05) is 44.7 Å². The molecule has 0 bridgehead atoms. The van der Waals surface area contributed by atoms with E-state index in [2.05, 4.69) is 20.6 Å². The summed E-state index contributed by atoms with van der Waals surface area (Å²) in [6.45, 7) is 15.2. The van der Waals surface area contributed by atoms with Gasteiger partial charge in [0.2, 0.25) is 5.91 Å². The third-order valence-corrected chi connectivity index (χ3v) is 11.9. The number of hydrogen-bond acceptors (Lipinski definition) is 9. The van der Waals surface area contributed by atoms with Crippen molar-refractivity contribution in [3.63, 3.8) is 0 Å². The van der Waals surface area contributed by atoms with Gasteiger partial charge in [-0.15, -0.1) is 0 Å². The number of imidazole rings is 2. The van der Waals surface area contributed by atoms with Crippen LogP contribution < -0.4 is 10.6 Å². The van der Waals surface area contributed by atoms with Crippen LogP contribution in [0.15, 0.2) is 24.3 Å². The Bertz CT molecular complexity index is 2570. The minimum Gasteiger partial charge on any atom is -0.480 e. The number of aromatic nitrogens is 4. The van der Waals surface area contributed by atoms with Gasteiger partial charge in [-0.05, 0) is 65.7 Å². The number of ether oxygens (including phenoxy) is 1. The van der Waals surface area contributed by atoms with Crippen LogP contribution in [0.4, 0.5) is 26.3 Å². The number of halogens is 6. The van der Waals surface area contributed by atoms with Gasteiger partial charge in [-0.25, -0.2) is 41.1 Å². The third kappa shape index (κ3) is 14.3. The molecule has 5 heterocycles. The van der Waals surface area contributed by atoms with Gasteiger partial charge in [-0.3, -0.25) is 14.4 Å². The van der Waals surface area contributed by atoms with Crippen molar-refractivity contribution >= 4 is 32.0 Å². The van der Waals surface area contributed by atoms with Gasteiger partial charge in [-0.2, -0.15) is 0 Å². The maximum absolute atomic E-state index is 14.7. The SMILES string of the molecule is C.C.CN1CCCn2c(-c3cc(F)c(F)cc3F)nc(C(=O)N[C@H](C(=O)N3CCOCC3)C(C)(C)C)c2C1.CN1CCCn2c(-c3cc(F)c(F)cc3F)nc(C(=O)N[C@H](C(=O)O)C(C)(C)C)c2C1.[3H][B][3H].[U]. The Morgan fingerprint density at radius 1 is 0.648 bits per heavy atom. The van der Waals surface area contributed by atoms with Gasteiger partial charge < -0.3 is 44.3 Å². The van der Waals surface area contributed by atoms with E-state index < -0.39 is 75.6 Å². The Morgan fingerprint density at radius 3 is 1.38 bits per heavy atom. The van der Waals surface area contributed by atoms with Crippen molar-refractivity contribution in [2.24, 2.45) is 10.8 Å². The first-order valence-corrected chi connectivity index (χ1v) is 21.9. The summed E-state index contributed by atoms with van der Waals surface area (Å²) in [5.74, 6) is -9.71. The van der Waals surface area contributed by atoms with E-state index in [4.69, 9.17) is 7.41 Å². The van der Waals surface area contributed by atoms with Crippen molar-refractivity contribution in [3.8, 4) is 22.8 Å². The number of amides is 3. The van der Waals surface area contributed by atoms with Gasteiger partial charge in [0.1, 0.15) is 35.4 Å². The summed E-state index contributed by atoms with van der Waals surface area (Å²) in [5.41, 5.74) is -0.926. The number of benzene rings is 2. The van der Waals surface area contributed by atoms with Gasteiger partial charge in [0, 0.05) is 82.5 Å². The van der Waals surface area contributed by atoms with Gasteiger partial charge in [-0.1, -0.05) is 56.4 Å². The molecule has 7 rings (SSSR count). The molecule has 3 N–H and O–H groups in total. The molecule has 4 aromatic rings. The van der Waals surface area contributed by atoms with Crippen LogP contribution in [0.3, 0.4) is 0 Å². The summed E-state index contributed by atoms with van der Waals surface area (Å²) < 4.78 is 104. The molecule has 1 fully saturated rings. The summed E-state index contributed by atoms with van der Waals surface area (Å²) >= 11 is 0. The second-order valence-electron chi connectivity index (χ2n) is 19.3. The quantitative estimate of drug-likeness (QED) is 0.105. The molecule has 1 radical (unpaired) electrons. The van der Waals surface area contributed by atoms with Gasteiger partial charge in [0.15, 0.2) is 34.7 Å². The van der Waals surface area contributed by atoms with Crippen LogP contribution in [0.25, 0.3) is 22.8 Å². The van der Waals surface area contributed by atoms with E-state index in [1.165, 1.54) is 0 Å². The molecule has 2 aromatic heterocycles. The van der Waals surface area contributed by atoms with Crippen molar-refractivity contribution in [3.05, 3.63) is 81.9 Å². The predicted octanol–water partition coefficient (Wildman–Crippen LogP) is 6.19.